The lowest BCUT2D eigenvalue weighted by Crippen LogP contribution is -2.08. The van der Waals surface area contributed by atoms with Crippen molar-refractivity contribution >= 4 is 15.5 Å². The Kier molecular flexibility index (Phi) is 5.29. The van der Waals surface area contributed by atoms with Crippen molar-refractivity contribution in [2.24, 2.45) is 0 Å². The minimum absolute atomic E-state index is 0.0668. The molecule has 0 radical (unpaired) electrons. The van der Waals surface area contributed by atoms with E-state index in [9.17, 15) is 21.6 Å². The number of nitrogen functional groups attached to an aromatic ring is 1. The SMILES string of the molecule is CS(=O)(=O)c1ccc(-c2c(-c3ccc(N)cc3)c(C(F)(F)F)nn2-c2ccccc2)cc1. The van der Waals surface area contributed by atoms with Crippen molar-refractivity contribution in [2.45, 2.75) is 11.1 Å². The van der Waals surface area contributed by atoms with Gasteiger partial charge < -0.3 is 5.73 Å². The lowest BCUT2D eigenvalue weighted by atomic mass is 9.98. The third-order valence-corrected chi connectivity index (χ3v) is 6.04. The number of nitrogens with two attached hydrogens (primary N) is 1. The lowest BCUT2D eigenvalue weighted by Gasteiger charge is -2.12. The third kappa shape index (κ3) is 4.11. The van der Waals surface area contributed by atoms with Crippen LogP contribution in [0.5, 0.6) is 0 Å². The molecule has 9 heteroatoms. The molecular weight excluding hydrogens is 439 g/mol. The second-order valence-corrected chi connectivity index (χ2v) is 9.25. The van der Waals surface area contributed by atoms with Gasteiger partial charge in [-0.3, -0.25) is 0 Å². The first-order chi connectivity index (χ1) is 15.1. The van der Waals surface area contributed by atoms with E-state index in [4.69, 9.17) is 5.73 Å². The van der Waals surface area contributed by atoms with E-state index < -0.39 is 21.7 Å². The highest BCUT2D eigenvalue weighted by molar-refractivity contribution is 7.90. The number of sulfone groups is 1. The van der Waals surface area contributed by atoms with Gasteiger partial charge in [-0.25, -0.2) is 13.1 Å². The molecule has 0 spiro atoms. The fourth-order valence-corrected chi connectivity index (χ4v) is 4.05. The predicted molar refractivity (Wildman–Crippen MR) is 117 cm³/mol. The number of nitrogens with zero attached hydrogens (tertiary/aromatic N) is 2. The van der Waals surface area contributed by atoms with Gasteiger partial charge in [-0.1, -0.05) is 42.5 Å². The summed E-state index contributed by atoms with van der Waals surface area (Å²) in [6.07, 6.45) is -3.66. The number of hydrogen-bond acceptors (Lipinski definition) is 4. The molecule has 164 valence electrons. The van der Waals surface area contributed by atoms with Crippen molar-refractivity contribution in [1.82, 2.24) is 9.78 Å². The maximum absolute atomic E-state index is 14.1. The van der Waals surface area contributed by atoms with Crippen LogP contribution in [0.1, 0.15) is 5.69 Å². The number of rotatable bonds is 4. The Hall–Kier alpha value is -3.59. The van der Waals surface area contributed by atoms with Gasteiger partial charge >= 0.3 is 6.18 Å². The summed E-state index contributed by atoms with van der Waals surface area (Å²) in [5, 5.41) is 3.94. The summed E-state index contributed by atoms with van der Waals surface area (Å²) < 4.78 is 67.2. The zero-order valence-electron chi connectivity index (χ0n) is 16.8. The molecule has 2 N–H and O–H groups in total. The largest absolute Gasteiger partial charge is 0.435 e. The number of hydrogen-bond donors (Lipinski definition) is 1. The number of anilines is 1. The number of para-hydroxylation sites is 1. The molecule has 0 aliphatic heterocycles. The van der Waals surface area contributed by atoms with E-state index in [1.807, 2.05) is 0 Å². The predicted octanol–water partition coefficient (Wildman–Crippen LogP) is 5.21. The molecule has 0 aliphatic carbocycles. The summed E-state index contributed by atoms with van der Waals surface area (Å²) in [5.74, 6) is 0. The van der Waals surface area contributed by atoms with Crippen LogP contribution in [0.15, 0.2) is 83.8 Å². The van der Waals surface area contributed by atoms with E-state index in [2.05, 4.69) is 5.10 Å². The number of aromatic nitrogens is 2. The Balaban J connectivity index is 2.07. The quantitative estimate of drug-likeness (QED) is 0.427. The molecule has 0 fully saturated rings. The Bertz CT molecular complexity index is 1360. The topological polar surface area (TPSA) is 78.0 Å². The monoisotopic (exact) mass is 457 g/mol. The molecule has 1 aromatic heterocycles. The molecule has 0 saturated heterocycles. The van der Waals surface area contributed by atoms with Crippen LogP contribution in [-0.4, -0.2) is 24.5 Å². The highest BCUT2D eigenvalue weighted by Crippen LogP contribution is 2.43. The van der Waals surface area contributed by atoms with Gasteiger partial charge in [0.2, 0.25) is 0 Å². The summed E-state index contributed by atoms with van der Waals surface area (Å²) >= 11 is 0. The number of alkyl halides is 3. The summed E-state index contributed by atoms with van der Waals surface area (Å²) in [4.78, 5) is 0.0668. The minimum atomic E-state index is -4.72. The van der Waals surface area contributed by atoms with Gasteiger partial charge in [0, 0.05) is 23.1 Å². The molecule has 4 rings (SSSR count). The van der Waals surface area contributed by atoms with E-state index in [1.165, 1.54) is 53.2 Å². The van der Waals surface area contributed by atoms with E-state index in [0.29, 0.717) is 16.9 Å². The van der Waals surface area contributed by atoms with E-state index in [0.717, 1.165) is 6.26 Å². The normalized spacial score (nSPS) is 12.1. The maximum Gasteiger partial charge on any atom is 0.435 e. The molecule has 0 amide bonds. The van der Waals surface area contributed by atoms with E-state index >= 15 is 0 Å². The first kappa shape index (κ1) is 21.6. The minimum Gasteiger partial charge on any atom is -0.399 e. The molecule has 3 aromatic carbocycles. The fraction of sp³-hybridized carbons (Fsp3) is 0.0870. The van der Waals surface area contributed by atoms with Gasteiger partial charge in [0.15, 0.2) is 15.5 Å². The molecule has 0 unspecified atom stereocenters. The highest BCUT2D eigenvalue weighted by atomic mass is 32.2. The molecule has 5 nitrogen and oxygen atoms in total. The smallest absolute Gasteiger partial charge is 0.399 e. The Morgan fingerprint density at radius 1 is 0.844 bits per heavy atom. The average molecular weight is 457 g/mol. The molecule has 32 heavy (non-hydrogen) atoms. The molecule has 4 aromatic rings. The van der Waals surface area contributed by atoms with Crippen molar-refractivity contribution in [1.29, 1.82) is 0 Å². The van der Waals surface area contributed by atoms with Crippen LogP contribution in [0.4, 0.5) is 18.9 Å². The van der Waals surface area contributed by atoms with Crippen molar-refractivity contribution < 1.29 is 21.6 Å². The van der Waals surface area contributed by atoms with Gasteiger partial charge in [0.1, 0.15) is 0 Å². The Morgan fingerprint density at radius 3 is 1.94 bits per heavy atom. The van der Waals surface area contributed by atoms with E-state index in [1.54, 1.807) is 30.3 Å². The number of halogens is 3. The van der Waals surface area contributed by atoms with Crippen LogP contribution in [0, 0.1) is 0 Å². The van der Waals surface area contributed by atoms with Crippen LogP contribution >= 0.6 is 0 Å². The highest BCUT2D eigenvalue weighted by Gasteiger charge is 2.40. The molecule has 0 bridgehead atoms. The molecule has 0 saturated carbocycles. The Morgan fingerprint density at radius 2 is 1.41 bits per heavy atom. The first-order valence-corrected chi connectivity index (χ1v) is 11.4. The molecule has 1 heterocycles. The summed E-state index contributed by atoms with van der Waals surface area (Å²) in [6, 6.07) is 20.2. The van der Waals surface area contributed by atoms with Crippen molar-refractivity contribution in [3.63, 3.8) is 0 Å². The van der Waals surface area contributed by atoms with Crippen LogP contribution in [0.2, 0.25) is 0 Å². The maximum atomic E-state index is 14.1. The Labute approximate surface area is 182 Å². The van der Waals surface area contributed by atoms with Crippen molar-refractivity contribution in [2.75, 3.05) is 12.0 Å². The number of benzene rings is 3. The van der Waals surface area contributed by atoms with Crippen LogP contribution in [0.3, 0.4) is 0 Å². The second-order valence-electron chi connectivity index (χ2n) is 7.24. The third-order valence-electron chi connectivity index (χ3n) is 4.91. The van der Waals surface area contributed by atoms with Crippen molar-refractivity contribution in [3.8, 4) is 28.1 Å². The summed E-state index contributed by atoms with van der Waals surface area (Å²) in [5.41, 5.74) is 6.27. The van der Waals surface area contributed by atoms with Gasteiger partial charge in [0.05, 0.1) is 16.3 Å². The second kappa shape index (κ2) is 7.83. The van der Waals surface area contributed by atoms with Gasteiger partial charge in [-0.15, -0.1) is 0 Å². The molecular formula is C23H18F3N3O2S. The first-order valence-electron chi connectivity index (χ1n) is 9.48. The van der Waals surface area contributed by atoms with Gasteiger partial charge in [-0.05, 0) is 42.0 Å². The zero-order chi connectivity index (χ0) is 23.1. The average Bonchev–Trinajstić information content (AvgIpc) is 3.15. The summed E-state index contributed by atoms with van der Waals surface area (Å²) in [6.45, 7) is 0. The zero-order valence-corrected chi connectivity index (χ0v) is 17.7. The molecule has 0 atom stereocenters. The summed E-state index contributed by atoms with van der Waals surface area (Å²) in [7, 11) is -3.47. The van der Waals surface area contributed by atoms with Crippen LogP contribution in [0.25, 0.3) is 28.1 Å². The standard InChI is InChI=1S/C23H18F3N3O2S/c1-32(30,31)19-13-9-16(10-14-19)21-20(15-7-11-17(27)12-8-15)22(23(24,25)26)28-29(21)18-5-3-2-4-6-18/h2-14H,27H2,1H3. The van der Waals surface area contributed by atoms with Crippen molar-refractivity contribution in [3.05, 3.63) is 84.6 Å². The molecule has 0 aliphatic rings. The van der Waals surface area contributed by atoms with Gasteiger partial charge in [0.25, 0.3) is 0 Å². The van der Waals surface area contributed by atoms with Crippen LogP contribution in [-0.2, 0) is 16.0 Å². The lowest BCUT2D eigenvalue weighted by molar-refractivity contribution is -0.140. The fourth-order valence-electron chi connectivity index (χ4n) is 3.42. The van der Waals surface area contributed by atoms with Crippen LogP contribution < -0.4 is 5.73 Å². The van der Waals surface area contributed by atoms with Gasteiger partial charge in [-0.2, -0.15) is 18.3 Å². The van der Waals surface area contributed by atoms with E-state index in [-0.39, 0.29) is 21.7 Å².